The van der Waals surface area contributed by atoms with Gasteiger partial charge in [-0.15, -0.1) is 6.42 Å². The molecule has 88 valence electrons. The number of nitrogens with zero attached hydrogens (tertiary/aromatic N) is 2. The Bertz CT molecular complexity index is 309. The first-order valence-electron chi connectivity index (χ1n) is 5.30. The van der Waals surface area contributed by atoms with Crippen LogP contribution in [0.4, 0.5) is 0 Å². The van der Waals surface area contributed by atoms with Gasteiger partial charge in [0.1, 0.15) is 0 Å². The highest BCUT2D eigenvalue weighted by Gasteiger charge is 2.20. The molecular weight excluding hydrogens is 206 g/mol. The summed E-state index contributed by atoms with van der Waals surface area (Å²) < 4.78 is 0. The lowest BCUT2D eigenvalue weighted by molar-refractivity contribution is -0.130. The fourth-order valence-electron chi connectivity index (χ4n) is 1.59. The molecule has 0 aromatic heterocycles. The highest BCUT2D eigenvalue weighted by Crippen LogP contribution is 2.01. The van der Waals surface area contributed by atoms with E-state index < -0.39 is 0 Å². The molecule has 0 aliphatic carbocycles. The van der Waals surface area contributed by atoms with Gasteiger partial charge < -0.3 is 10.2 Å². The third-order valence-corrected chi connectivity index (χ3v) is 2.51. The van der Waals surface area contributed by atoms with Crippen molar-refractivity contribution in [1.29, 1.82) is 0 Å². The van der Waals surface area contributed by atoms with Crippen LogP contribution in [0, 0.1) is 12.3 Å². The normalized spacial score (nSPS) is 17.8. The monoisotopic (exact) mass is 223 g/mol. The van der Waals surface area contributed by atoms with E-state index in [9.17, 15) is 9.59 Å². The summed E-state index contributed by atoms with van der Waals surface area (Å²) in [6.45, 7) is 2.29. The Morgan fingerprint density at radius 3 is 3.00 bits per heavy atom. The molecule has 0 saturated carbocycles. The Labute approximate surface area is 95.8 Å². The lowest BCUT2D eigenvalue weighted by Crippen LogP contribution is -2.41. The Morgan fingerprint density at radius 2 is 2.31 bits per heavy atom. The molecule has 0 unspecified atom stereocenters. The van der Waals surface area contributed by atoms with Gasteiger partial charge in [-0.2, -0.15) is 0 Å². The van der Waals surface area contributed by atoms with Crippen LogP contribution in [0.3, 0.4) is 0 Å². The Hall–Kier alpha value is -1.54. The molecule has 0 aromatic rings. The maximum Gasteiger partial charge on any atom is 0.236 e. The zero-order valence-corrected chi connectivity index (χ0v) is 9.53. The summed E-state index contributed by atoms with van der Waals surface area (Å²) >= 11 is 0. The number of amides is 2. The molecule has 0 bridgehead atoms. The number of hydrogen-bond acceptors (Lipinski definition) is 3. The topological polar surface area (TPSA) is 52.7 Å². The lowest BCUT2D eigenvalue weighted by Gasteiger charge is -2.18. The van der Waals surface area contributed by atoms with Crippen LogP contribution in [0.2, 0.25) is 0 Å². The van der Waals surface area contributed by atoms with Gasteiger partial charge in [0, 0.05) is 20.1 Å². The number of likely N-dealkylation sites (N-methyl/N-ethyl adjacent to an activating group) is 1. The second-order valence-corrected chi connectivity index (χ2v) is 3.86. The van der Waals surface area contributed by atoms with Gasteiger partial charge >= 0.3 is 0 Å². The van der Waals surface area contributed by atoms with Gasteiger partial charge in [-0.1, -0.05) is 5.92 Å². The number of rotatable bonds is 3. The van der Waals surface area contributed by atoms with Crippen molar-refractivity contribution in [3.63, 3.8) is 0 Å². The molecule has 5 heteroatoms. The third-order valence-electron chi connectivity index (χ3n) is 2.51. The third kappa shape index (κ3) is 3.91. The van der Waals surface area contributed by atoms with Crippen LogP contribution < -0.4 is 5.32 Å². The van der Waals surface area contributed by atoms with Gasteiger partial charge in [0.05, 0.1) is 19.6 Å². The highest BCUT2D eigenvalue weighted by molar-refractivity contribution is 5.81. The number of carbonyl (C=O) groups excluding carboxylic acids is 2. The van der Waals surface area contributed by atoms with Crippen LogP contribution in [-0.2, 0) is 9.59 Å². The predicted molar refractivity (Wildman–Crippen MR) is 60.5 cm³/mol. The average Bonchev–Trinajstić information content (AvgIpc) is 2.39. The molecule has 0 radical (unpaired) electrons. The zero-order chi connectivity index (χ0) is 12.0. The first-order chi connectivity index (χ1) is 7.63. The minimum Gasteiger partial charge on any atom is -0.345 e. The summed E-state index contributed by atoms with van der Waals surface area (Å²) in [7, 11) is 1.78. The summed E-state index contributed by atoms with van der Waals surface area (Å²) in [4.78, 5) is 26.5. The first kappa shape index (κ1) is 12.5. The molecule has 1 aliphatic rings. The van der Waals surface area contributed by atoms with E-state index in [-0.39, 0.29) is 24.9 Å². The first-order valence-corrected chi connectivity index (χ1v) is 5.30. The van der Waals surface area contributed by atoms with Crippen LogP contribution in [0.15, 0.2) is 0 Å². The van der Waals surface area contributed by atoms with Crippen molar-refractivity contribution in [3.8, 4) is 12.3 Å². The molecule has 0 aromatic carbocycles. The highest BCUT2D eigenvalue weighted by atomic mass is 16.2. The van der Waals surface area contributed by atoms with E-state index in [1.54, 1.807) is 11.9 Å². The average molecular weight is 223 g/mol. The van der Waals surface area contributed by atoms with E-state index in [2.05, 4.69) is 11.2 Å². The fraction of sp³-hybridized carbons (Fsp3) is 0.636. The van der Waals surface area contributed by atoms with Crippen molar-refractivity contribution in [2.24, 2.45) is 0 Å². The van der Waals surface area contributed by atoms with Crippen LogP contribution in [0.1, 0.15) is 6.42 Å². The number of terminal acetylenes is 1. The van der Waals surface area contributed by atoms with Gasteiger partial charge in [0.2, 0.25) is 11.8 Å². The predicted octanol–water partition coefficient (Wildman–Crippen LogP) is -1.10. The Kier molecular flexibility index (Phi) is 4.80. The van der Waals surface area contributed by atoms with E-state index in [1.807, 2.05) is 4.90 Å². The molecule has 1 N–H and O–H groups in total. The Morgan fingerprint density at radius 1 is 1.56 bits per heavy atom. The maximum absolute atomic E-state index is 11.5. The van der Waals surface area contributed by atoms with Gasteiger partial charge in [-0.3, -0.25) is 14.5 Å². The van der Waals surface area contributed by atoms with Gasteiger partial charge in [0.25, 0.3) is 0 Å². The van der Waals surface area contributed by atoms with E-state index in [1.165, 1.54) is 0 Å². The standard InChI is InChI=1S/C11H17N3O2/c1-3-5-12-10(15)8-14-7-4-6-13(2)11(16)9-14/h1H,4-9H2,2H3,(H,12,15). The van der Waals surface area contributed by atoms with Crippen molar-refractivity contribution in [1.82, 2.24) is 15.1 Å². The number of carbonyl (C=O) groups is 2. The summed E-state index contributed by atoms with van der Waals surface area (Å²) in [6, 6.07) is 0. The SMILES string of the molecule is C#CCNC(=O)CN1CCCN(C)C(=O)C1. The van der Waals surface area contributed by atoms with Crippen LogP contribution in [0.5, 0.6) is 0 Å². The molecule has 16 heavy (non-hydrogen) atoms. The Balaban J connectivity index is 2.39. The molecule has 1 heterocycles. The molecule has 1 fully saturated rings. The quantitative estimate of drug-likeness (QED) is 0.618. The van der Waals surface area contributed by atoms with E-state index in [0.717, 1.165) is 19.5 Å². The van der Waals surface area contributed by atoms with E-state index in [0.29, 0.717) is 6.54 Å². The molecule has 1 saturated heterocycles. The lowest BCUT2D eigenvalue weighted by atomic mass is 10.4. The molecule has 5 nitrogen and oxygen atoms in total. The van der Waals surface area contributed by atoms with E-state index in [4.69, 9.17) is 6.42 Å². The number of nitrogens with one attached hydrogen (secondary N) is 1. The zero-order valence-electron chi connectivity index (χ0n) is 9.53. The van der Waals surface area contributed by atoms with Crippen molar-refractivity contribution in [3.05, 3.63) is 0 Å². The van der Waals surface area contributed by atoms with Crippen LogP contribution >= 0.6 is 0 Å². The molecule has 0 spiro atoms. The maximum atomic E-state index is 11.5. The minimum absolute atomic E-state index is 0.0576. The van der Waals surface area contributed by atoms with Crippen LogP contribution in [0.25, 0.3) is 0 Å². The molecular formula is C11H17N3O2. The van der Waals surface area contributed by atoms with Crippen molar-refractivity contribution in [2.45, 2.75) is 6.42 Å². The minimum atomic E-state index is -0.129. The van der Waals surface area contributed by atoms with Crippen LogP contribution in [-0.4, -0.2) is 61.4 Å². The smallest absolute Gasteiger partial charge is 0.236 e. The van der Waals surface area contributed by atoms with Crippen molar-refractivity contribution in [2.75, 3.05) is 39.8 Å². The van der Waals surface area contributed by atoms with E-state index >= 15 is 0 Å². The largest absolute Gasteiger partial charge is 0.345 e. The van der Waals surface area contributed by atoms with Gasteiger partial charge in [0.15, 0.2) is 0 Å². The van der Waals surface area contributed by atoms with Gasteiger partial charge in [-0.25, -0.2) is 0 Å². The molecule has 2 amide bonds. The fourth-order valence-corrected chi connectivity index (χ4v) is 1.59. The van der Waals surface area contributed by atoms with Crippen molar-refractivity contribution < 1.29 is 9.59 Å². The summed E-state index contributed by atoms with van der Waals surface area (Å²) in [5.74, 6) is 2.27. The van der Waals surface area contributed by atoms with Gasteiger partial charge in [-0.05, 0) is 6.42 Å². The molecule has 0 atom stereocenters. The molecule has 1 aliphatic heterocycles. The second kappa shape index (κ2) is 6.13. The van der Waals surface area contributed by atoms with Crippen molar-refractivity contribution >= 4 is 11.8 Å². The molecule has 1 rings (SSSR count). The second-order valence-electron chi connectivity index (χ2n) is 3.86. The number of hydrogen-bond donors (Lipinski definition) is 1. The summed E-state index contributed by atoms with van der Waals surface area (Å²) in [5, 5.41) is 2.58. The summed E-state index contributed by atoms with van der Waals surface area (Å²) in [6.07, 6.45) is 5.93. The summed E-state index contributed by atoms with van der Waals surface area (Å²) in [5.41, 5.74) is 0.